The molecule has 0 bridgehead atoms. The van der Waals surface area contributed by atoms with Crippen LogP contribution in [0.4, 0.5) is 0 Å². The van der Waals surface area contributed by atoms with Crippen molar-refractivity contribution in [3.05, 3.63) is 23.5 Å². The largest absolute Gasteiger partial charge is 0.464 e. The van der Waals surface area contributed by atoms with Gasteiger partial charge in [-0.2, -0.15) is 0 Å². The third-order valence-corrected chi connectivity index (χ3v) is 2.75. The monoisotopic (exact) mass is 194 g/mol. The number of aromatic nitrogens is 1. The molecule has 1 N–H and O–H groups in total. The summed E-state index contributed by atoms with van der Waals surface area (Å²) >= 11 is 0. The number of carbonyl (C=O) groups excluding carboxylic acids is 1. The Labute approximate surface area is 82.9 Å². The number of methoxy groups -OCH3 is 1. The Balaban J connectivity index is 2.27. The van der Waals surface area contributed by atoms with Crippen LogP contribution in [0.25, 0.3) is 0 Å². The Hall–Kier alpha value is -1.29. The van der Waals surface area contributed by atoms with Crippen molar-refractivity contribution >= 4 is 5.97 Å². The third kappa shape index (κ3) is 1.32. The van der Waals surface area contributed by atoms with Crippen LogP contribution < -0.4 is 5.32 Å². The van der Waals surface area contributed by atoms with Crippen molar-refractivity contribution in [2.45, 2.75) is 5.92 Å². The molecule has 0 amide bonds. The number of hydrogen-bond acceptors (Lipinski definition) is 3. The van der Waals surface area contributed by atoms with Gasteiger partial charge < -0.3 is 14.6 Å². The summed E-state index contributed by atoms with van der Waals surface area (Å²) in [6, 6.07) is 3.82. The summed E-state index contributed by atoms with van der Waals surface area (Å²) < 4.78 is 6.60. The molecular weight excluding hydrogens is 180 g/mol. The van der Waals surface area contributed by atoms with E-state index in [1.54, 1.807) is 0 Å². The van der Waals surface area contributed by atoms with Gasteiger partial charge in [-0.3, -0.25) is 0 Å². The van der Waals surface area contributed by atoms with E-state index in [4.69, 9.17) is 0 Å². The zero-order valence-electron chi connectivity index (χ0n) is 8.41. The molecule has 1 aliphatic rings. The van der Waals surface area contributed by atoms with Gasteiger partial charge in [0.25, 0.3) is 0 Å². The lowest BCUT2D eigenvalue weighted by atomic mass is 10.00. The fourth-order valence-corrected chi connectivity index (χ4v) is 1.74. The van der Waals surface area contributed by atoms with Gasteiger partial charge in [0.15, 0.2) is 0 Å². The molecule has 0 spiro atoms. The van der Waals surface area contributed by atoms with Crippen LogP contribution >= 0.6 is 0 Å². The fourth-order valence-electron chi connectivity index (χ4n) is 1.74. The number of nitrogens with zero attached hydrogens (tertiary/aromatic N) is 1. The molecule has 0 radical (unpaired) electrons. The Morgan fingerprint density at radius 1 is 1.57 bits per heavy atom. The van der Waals surface area contributed by atoms with E-state index in [1.165, 1.54) is 12.8 Å². The van der Waals surface area contributed by atoms with Crippen molar-refractivity contribution in [1.82, 2.24) is 9.88 Å². The number of ether oxygens (including phenoxy) is 1. The number of nitrogens with one attached hydrogen (secondary N) is 1. The highest BCUT2D eigenvalue weighted by Gasteiger charge is 2.23. The summed E-state index contributed by atoms with van der Waals surface area (Å²) in [5.41, 5.74) is 1.82. The Morgan fingerprint density at radius 2 is 2.29 bits per heavy atom. The molecule has 76 valence electrons. The molecule has 1 aromatic heterocycles. The molecule has 0 aliphatic carbocycles. The molecule has 1 aliphatic heterocycles. The highest BCUT2D eigenvalue weighted by molar-refractivity contribution is 5.87. The van der Waals surface area contributed by atoms with Gasteiger partial charge in [0.05, 0.1) is 7.11 Å². The van der Waals surface area contributed by atoms with E-state index < -0.39 is 0 Å². The van der Waals surface area contributed by atoms with Crippen LogP contribution in [0.2, 0.25) is 0 Å². The Kier molecular flexibility index (Phi) is 2.29. The molecule has 1 fully saturated rings. The zero-order chi connectivity index (χ0) is 10.1. The summed E-state index contributed by atoms with van der Waals surface area (Å²) in [5.74, 6) is 0.268. The van der Waals surface area contributed by atoms with Gasteiger partial charge in [-0.1, -0.05) is 0 Å². The van der Waals surface area contributed by atoms with E-state index in [2.05, 4.69) is 10.1 Å². The molecule has 0 unspecified atom stereocenters. The van der Waals surface area contributed by atoms with Crippen LogP contribution in [0.3, 0.4) is 0 Å². The minimum absolute atomic E-state index is 0.272. The number of hydrogen-bond donors (Lipinski definition) is 1. The molecule has 2 heterocycles. The fraction of sp³-hybridized carbons (Fsp3) is 0.500. The second kappa shape index (κ2) is 3.46. The van der Waals surface area contributed by atoms with Gasteiger partial charge in [0.1, 0.15) is 5.69 Å². The molecule has 0 aromatic carbocycles. The van der Waals surface area contributed by atoms with Gasteiger partial charge in [0, 0.05) is 31.7 Å². The minimum atomic E-state index is -0.272. The van der Waals surface area contributed by atoms with E-state index in [9.17, 15) is 4.79 Å². The van der Waals surface area contributed by atoms with Crippen molar-refractivity contribution in [1.29, 1.82) is 0 Å². The molecule has 1 saturated heterocycles. The predicted octanol–water partition coefficient (Wildman–Crippen LogP) is 0.498. The molecule has 0 atom stereocenters. The lowest BCUT2D eigenvalue weighted by molar-refractivity contribution is 0.0589. The summed E-state index contributed by atoms with van der Waals surface area (Å²) in [6.07, 6.45) is 0. The van der Waals surface area contributed by atoms with Crippen molar-refractivity contribution < 1.29 is 9.53 Å². The minimum Gasteiger partial charge on any atom is -0.464 e. The maximum absolute atomic E-state index is 11.3. The van der Waals surface area contributed by atoms with Crippen LogP contribution in [0.5, 0.6) is 0 Å². The van der Waals surface area contributed by atoms with E-state index >= 15 is 0 Å². The van der Waals surface area contributed by atoms with Crippen molar-refractivity contribution in [2.24, 2.45) is 7.05 Å². The first-order chi connectivity index (χ1) is 6.74. The van der Waals surface area contributed by atoms with Gasteiger partial charge in [-0.05, 0) is 12.1 Å². The van der Waals surface area contributed by atoms with E-state index in [-0.39, 0.29) is 5.97 Å². The van der Waals surface area contributed by atoms with E-state index in [1.807, 2.05) is 23.7 Å². The first kappa shape index (κ1) is 9.27. The van der Waals surface area contributed by atoms with E-state index in [0.717, 1.165) is 13.1 Å². The first-order valence-corrected chi connectivity index (χ1v) is 4.68. The Bertz CT molecular complexity index is 353. The second-order valence-electron chi connectivity index (χ2n) is 3.55. The zero-order valence-corrected chi connectivity index (χ0v) is 8.41. The third-order valence-electron chi connectivity index (χ3n) is 2.75. The summed E-state index contributed by atoms with van der Waals surface area (Å²) in [6.45, 7) is 2.00. The smallest absolute Gasteiger partial charge is 0.354 e. The van der Waals surface area contributed by atoms with Crippen molar-refractivity contribution in [3.63, 3.8) is 0 Å². The highest BCUT2D eigenvalue weighted by Crippen LogP contribution is 2.21. The molecule has 4 heteroatoms. The maximum Gasteiger partial charge on any atom is 0.354 e. The SMILES string of the molecule is COC(=O)c1ccc(C2CNC2)n1C. The van der Waals surface area contributed by atoms with Crippen LogP contribution in [0, 0.1) is 0 Å². The summed E-state index contributed by atoms with van der Waals surface area (Å²) in [7, 11) is 3.31. The number of esters is 1. The standard InChI is InChI=1S/C10H14N2O2/c1-12-8(7-5-11-6-7)3-4-9(12)10(13)14-2/h3-4,7,11H,5-6H2,1-2H3. The molecular formula is C10H14N2O2. The Morgan fingerprint density at radius 3 is 2.79 bits per heavy atom. The highest BCUT2D eigenvalue weighted by atomic mass is 16.5. The van der Waals surface area contributed by atoms with Gasteiger partial charge in [-0.15, -0.1) is 0 Å². The van der Waals surface area contributed by atoms with Crippen molar-refractivity contribution in [3.8, 4) is 0 Å². The van der Waals surface area contributed by atoms with Crippen molar-refractivity contribution in [2.75, 3.05) is 20.2 Å². The first-order valence-electron chi connectivity index (χ1n) is 4.68. The van der Waals surface area contributed by atoms with Crippen LogP contribution in [-0.4, -0.2) is 30.7 Å². The molecule has 0 saturated carbocycles. The van der Waals surface area contributed by atoms with Crippen LogP contribution in [0.1, 0.15) is 22.1 Å². The molecule has 2 rings (SSSR count). The predicted molar refractivity (Wildman–Crippen MR) is 52.4 cm³/mol. The average Bonchev–Trinajstić information content (AvgIpc) is 2.45. The second-order valence-corrected chi connectivity index (χ2v) is 3.55. The lowest BCUT2D eigenvalue weighted by Crippen LogP contribution is -2.40. The summed E-state index contributed by atoms with van der Waals surface area (Å²) in [4.78, 5) is 11.3. The average molecular weight is 194 g/mol. The molecule has 14 heavy (non-hydrogen) atoms. The molecule has 1 aromatic rings. The number of carbonyl (C=O) groups is 1. The quantitative estimate of drug-likeness (QED) is 0.697. The maximum atomic E-state index is 11.3. The van der Waals surface area contributed by atoms with Crippen LogP contribution in [-0.2, 0) is 11.8 Å². The topological polar surface area (TPSA) is 43.3 Å². The normalized spacial score (nSPS) is 16.4. The number of rotatable bonds is 2. The lowest BCUT2D eigenvalue weighted by Gasteiger charge is -2.27. The van der Waals surface area contributed by atoms with E-state index in [0.29, 0.717) is 11.6 Å². The van der Waals surface area contributed by atoms with Gasteiger partial charge in [0.2, 0.25) is 0 Å². The van der Waals surface area contributed by atoms with Gasteiger partial charge >= 0.3 is 5.97 Å². The summed E-state index contributed by atoms with van der Waals surface area (Å²) in [5, 5.41) is 3.21. The molecule has 4 nitrogen and oxygen atoms in total. The van der Waals surface area contributed by atoms with Gasteiger partial charge in [-0.25, -0.2) is 4.79 Å². The van der Waals surface area contributed by atoms with Crippen LogP contribution in [0.15, 0.2) is 12.1 Å².